The van der Waals surface area contributed by atoms with Gasteiger partial charge in [-0.05, 0) is 101 Å². The maximum Gasteiger partial charge on any atom is 0.123 e. The van der Waals surface area contributed by atoms with E-state index in [-0.39, 0.29) is 11.2 Å². The number of halogens is 1. The first-order valence-corrected chi connectivity index (χ1v) is 10.7. The fraction of sp³-hybridized carbons (Fsp3) is 0.538. The molecule has 0 heterocycles. The molecule has 2 aromatic carbocycles. The lowest BCUT2D eigenvalue weighted by Gasteiger charge is -2.57. The van der Waals surface area contributed by atoms with Gasteiger partial charge in [0.2, 0.25) is 0 Å². The van der Waals surface area contributed by atoms with Gasteiger partial charge in [-0.25, -0.2) is 4.39 Å². The maximum atomic E-state index is 14.0. The molecule has 4 aliphatic carbocycles. The van der Waals surface area contributed by atoms with Crippen molar-refractivity contribution in [3.05, 3.63) is 59.4 Å². The van der Waals surface area contributed by atoms with Crippen LogP contribution < -0.4 is 0 Å². The molecule has 27 heavy (non-hydrogen) atoms. The Morgan fingerprint density at radius 1 is 0.852 bits per heavy atom. The maximum absolute atomic E-state index is 14.0. The molecular formula is C26H31F. The van der Waals surface area contributed by atoms with Crippen molar-refractivity contribution in [2.24, 2.45) is 17.8 Å². The lowest BCUT2D eigenvalue weighted by Crippen LogP contribution is -2.48. The molecule has 2 aromatic rings. The number of rotatable bonds is 2. The van der Waals surface area contributed by atoms with Crippen molar-refractivity contribution in [2.75, 3.05) is 0 Å². The molecule has 4 saturated carbocycles. The van der Waals surface area contributed by atoms with Crippen LogP contribution in [0.15, 0.2) is 42.5 Å². The third kappa shape index (κ3) is 2.94. The molecule has 0 spiro atoms. The topological polar surface area (TPSA) is 0 Å². The van der Waals surface area contributed by atoms with Crippen molar-refractivity contribution in [3.63, 3.8) is 0 Å². The lowest BCUT2D eigenvalue weighted by molar-refractivity contribution is -0.00518. The zero-order chi connectivity index (χ0) is 18.8. The van der Waals surface area contributed by atoms with Crippen LogP contribution in [-0.2, 0) is 10.8 Å². The van der Waals surface area contributed by atoms with Crippen molar-refractivity contribution < 1.29 is 4.39 Å². The van der Waals surface area contributed by atoms with Gasteiger partial charge in [0.05, 0.1) is 0 Å². The SMILES string of the molecule is CC(C)(C)c1ccc(C23CC4CC(CC(C4)C2)C3)cc1-c1cccc(F)c1. The summed E-state index contributed by atoms with van der Waals surface area (Å²) in [4.78, 5) is 0. The van der Waals surface area contributed by atoms with Gasteiger partial charge in [-0.15, -0.1) is 0 Å². The van der Waals surface area contributed by atoms with Gasteiger partial charge >= 0.3 is 0 Å². The van der Waals surface area contributed by atoms with E-state index in [4.69, 9.17) is 0 Å². The average molecular weight is 363 g/mol. The second-order valence-corrected chi connectivity index (χ2v) is 10.7. The Balaban J connectivity index is 1.64. The molecule has 0 amide bonds. The summed E-state index contributed by atoms with van der Waals surface area (Å²) in [6, 6.07) is 14.3. The van der Waals surface area contributed by atoms with Crippen LogP contribution in [0.5, 0.6) is 0 Å². The molecule has 142 valence electrons. The minimum Gasteiger partial charge on any atom is -0.207 e. The van der Waals surface area contributed by atoms with Gasteiger partial charge < -0.3 is 0 Å². The zero-order valence-electron chi connectivity index (χ0n) is 16.9. The highest BCUT2D eigenvalue weighted by Crippen LogP contribution is 2.61. The molecule has 0 atom stereocenters. The molecule has 4 aliphatic rings. The van der Waals surface area contributed by atoms with E-state index >= 15 is 0 Å². The van der Waals surface area contributed by atoms with Crippen LogP contribution in [0.4, 0.5) is 4.39 Å². The van der Waals surface area contributed by atoms with E-state index in [9.17, 15) is 4.39 Å². The summed E-state index contributed by atoms with van der Waals surface area (Å²) in [5, 5.41) is 0. The first kappa shape index (κ1) is 17.5. The molecule has 0 aliphatic heterocycles. The fourth-order valence-corrected chi connectivity index (χ4v) is 6.89. The molecule has 1 heteroatoms. The van der Waals surface area contributed by atoms with Crippen LogP contribution in [-0.4, -0.2) is 0 Å². The molecule has 6 rings (SSSR count). The second-order valence-electron chi connectivity index (χ2n) is 10.7. The van der Waals surface area contributed by atoms with Crippen molar-refractivity contribution in [2.45, 2.75) is 70.1 Å². The highest BCUT2D eigenvalue weighted by atomic mass is 19.1. The van der Waals surface area contributed by atoms with Crippen molar-refractivity contribution >= 4 is 0 Å². The second kappa shape index (κ2) is 5.93. The van der Waals surface area contributed by atoms with E-state index in [0.717, 1.165) is 23.3 Å². The quantitative estimate of drug-likeness (QED) is 0.527. The molecule has 4 fully saturated rings. The fourth-order valence-electron chi connectivity index (χ4n) is 6.89. The number of hydrogen-bond acceptors (Lipinski definition) is 0. The summed E-state index contributed by atoms with van der Waals surface area (Å²) in [7, 11) is 0. The van der Waals surface area contributed by atoms with Crippen molar-refractivity contribution in [1.29, 1.82) is 0 Å². The number of benzene rings is 2. The molecule has 0 unspecified atom stereocenters. The van der Waals surface area contributed by atoms with Crippen LogP contribution in [0.1, 0.15) is 70.4 Å². The van der Waals surface area contributed by atoms with E-state index in [1.165, 1.54) is 55.2 Å². The molecule has 0 saturated heterocycles. The van der Waals surface area contributed by atoms with E-state index in [0.29, 0.717) is 5.41 Å². The molecule has 0 aromatic heterocycles. The Hall–Kier alpha value is -1.63. The van der Waals surface area contributed by atoms with Gasteiger partial charge in [-0.2, -0.15) is 0 Å². The normalized spacial score (nSPS) is 32.1. The summed E-state index contributed by atoms with van der Waals surface area (Å²) >= 11 is 0. The predicted molar refractivity (Wildman–Crippen MR) is 110 cm³/mol. The molecule has 0 radical (unpaired) electrons. The van der Waals surface area contributed by atoms with Crippen LogP contribution in [0.3, 0.4) is 0 Å². The third-order valence-electron chi connectivity index (χ3n) is 7.61. The third-order valence-corrected chi connectivity index (χ3v) is 7.61. The molecule has 4 bridgehead atoms. The highest BCUT2D eigenvalue weighted by molar-refractivity contribution is 5.70. The Morgan fingerprint density at radius 3 is 2.04 bits per heavy atom. The predicted octanol–water partition coefficient (Wildman–Crippen LogP) is 7.26. The molecule has 0 N–H and O–H groups in total. The Kier molecular flexibility index (Phi) is 3.84. The molecule has 0 nitrogen and oxygen atoms in total. The minimum absolute atomic E-state index is 0.0433. The van der Waals surface area contributed by atoms with E-state index < -0.39 is 0 Å². The Morgan fingerprint density at radius 2 is 1.48 bits per heavy atom. The molecular weight excluding hydrogens is 331 g/mol. The van der Waals surface area contributed by atoms with Gasteiger partial charge in [0.15, 0.2) is 0 Å². The highest BCUT2D eigenvalue weighted by Gasteiger charge is 2.51. The van der Waals surface area contributed by atoms with E-state index in [1.807, 2.05) is 6.07 Å². The smallest absolute Gasteiger partial charge is 0.123 e. The summed E-state index contributed by atoms with van der Waals surface area (Å²) in [6.45, 7) is 6.78. The summed E-state index contributed by atoms with van der Waals surface area (Å²) in [5.74, 6) is 2.68. The lowest BCUT2D eigenvalue weighted by atomic mass is 9.48. The monoisotopic (exact) mass is 362 g/mol. The summed E-state index contributed by atoms with van der Waals surface area (Å²) < 4.78 is 14.0. The average Bonchev–Trinajstić information content (AvgIpc) is 2.59. The standard InChI is InChI=1S/C26H31F/c1-25(2,3)24-8-7-21(13-23(24)20-5-4-6-22(27)12-20)26-14-17-9-18(15-26)11-19(10-17)16-26/h4-8,12-13,17-19H,9-11,14-16H2,1-3H3. The largest absolute Gasteiger partial charge is 0.207 e. The van der Waals surface area contributed by atoms with Crippen LogP contribution >= 0.6 is 0 Å². The van der Waals surface area contributed by atoms with Gasteiger partial charge in [0, 0.05) is 0 Å². The van der Waals surface area contributed by atoms with Gasteiger partial charge in [0.25, 0.3) is 0 Å². The minimum atomic E-state index is -0.146. The Labute approximate surface area is 163 Å². The van der Waals surface area contributed by atoms with Crippen LogP contribution in [0, 0.1) is 23.6 Å². The Bertz CT molecular complexity index is 835. The number of hydrogen-bond donors (Lipinski definition) is 0. The van der Waals surface area contributed by atoms with E-state index in [2.05, 4.69) is 45.0 Å². The first-order valence-electron chi connectivity index (χ1n) is 10.7. The van der Waals surface area contributed by atoms with Gasteiger partial charge in [0.1, 0.15) is 5.82 Å². The van der Waals surface area contributed by atoms with E-state index in [1.54, 1.807) is 12.1 Å². The first-order chi connectivity index (χ1) is 12.8. The zero-order valence-corrected chi connectivity index (χ0v) is 16.9. The van der Waals surface area contributed by atoms with Crippen LogP contribution in [0.25, 0.3) is 11.1 Å². The van der Waals surface area contributed by atoms with Gasteiger partial charge in [-0.1, -0.05) is 51.1 Å². The van der Waals surface area contributed by atoms with Crippen molar-refractivity contribution in [1.82, 2.24) is 0 Å². The van der Waals surface area contributed by atoms with Gasteiger partial charge in [-0.3, -0.25) is 0 Å². The summed E-state index contributed by atoms with van der Waals surface area (Å²) in [6.07, 6.45) is 8.52. The van der Waals surface area contributed by atoms with Crippen LogP contribution in [0.2, 0.25) is 0 Å². The van der Waals surface area contributed by atoms with Crippen molar-refractivity contribution in [3.8, 4) is 11.1 Å². The summed E-state index contributed by atoms with van der Waals surface area (Å²) in [5.41, 5.74) is 5.52.